The molecule has 0 radical (unpaired) electrons. The van der Waals surface area contributed by atoms with Gasteiger partial charge in [0.1, 0.15) is 5.75 Å². The van der Waals surface area contributed by atoms with Crippen LogP contribution < -0.4 is 4.74 Å². The molecule has 0 bridgehead atoms. The first-order chi connectivity index (χ1) is 18.8. The number of ether oxygens (including phenoxy) is 1. The molecule has 0 aliphatic heterocycles. The molecule has 196 valence electrons. The second kappa shape index (κ2) is 11.2. The third-order valence-electron chi connectivity index (χ3n) is 6.55. The summed E-state index contributed by atoms with van der Waals surface area (Å²) in [6.45, 7) is 5.74. The van der Waals surface area contributed by atoms with E-state index in [4.69, 9.17) is 21.4 Å². The molecule has 5 rings (SSSR count). The monoisotopic (exact) mass is 536 g/mol. The molecular weight excluding hydrogens is 508 g/mol. The van der Waals surface area contributed by atoms with Gasteiger partial charge in [-0.15, -0.1) is 0 Å². The minimum atomic E-state index is -0.979. The average Bonchev–Trinajstić information content (AvgIpc) is 3.37. The summed E-state index contributed by atoms with van der Waals surface area (Å²) in [5, 5.41) is 15.3. The van der Waals surface area contributed by atoms with E-state index in [0.717, 1.165) is 44.9 Å². The molecule has 1 atom stereocenters. The zero-order valence-corrected chi connectivity index (χ0v) is 22.8. The van der Waals surface area contributed by atoms with E-state index in [0.29, 0.717) is 10.8 Å². The van der Waals surface area contributed by atoms with Gasteiger partial charge >= 0.3 is 5.97 Å². The molecule has 0 saturated heterocycles. The van der Waals surface area contributed by atoms with Gasteiger partial charge in [0.15, 0.2) is 6.10 Å². The first-order valence-electron chi connectivity index (χ1n) is 12.8. The predicted molar refractivity (Wildman–Crippen MR) is 157 cm³/mol. The summed E-state index contributed by atoms with van der Waals surface area (Å²) in [4.78, 5) is 11.7. The third kappa shape index (κ3) is 5.74. The number of carboxylic acids is 1. The van der Waals surface area contributed by atoms with E-state index in [1.54, 1.807) is 6.07 Å². The van der Waals surface area contributed by atoms with Crippen molar-refractivity contribution in [1.82, 2.24) is 9.78 Å². The summed E-state index contributed by atoms with van der Waals surface area (Å²) < 4.78 is 7.82. The molecule has 0 aliphatic carbocycles. The van der Waals surface area contributed by atoms with Crippen LogP contribution in [0.25, 0.3) is 39.3 Å². The van der Waals surface area contributed by atoms with Crippen molar-refractivity contribution >= 4 is 17.6 Å². The molecule has 0 spiro atoms. The summed E-state index contributed by atoms with van der Waals surface area (Å²) in [7, 11) is 0. The van der Waals surface area contributed by atoms with Gasteiger partial charge in [0.25, 0.3) is 0 Å². The molecule has 0 amide bonds. The van der Waals surface area contributed by atoms with Crippen LogP contribution in [-0.4, -0.2) is 27.0 Å². The van der Waals surface area contributed by atoms with Gasteiger partial charge in [0.2, 0.25) is 0 Å². The van der Waals surface area contributed by atoms with Crippen LogP contribution >= 0.6 is 11.6 Å². The number of aliphatic carboxylic acids is 1. The Labute approximate surface area is 233 Å². The molecule has 1 heterocycles. The van der Waals surface area contributed by atoms with E-state index in [1.165, 1.54) is 0 Å². The minimum absolute atomic E-state index is 0.171. The fourth-order valence-corrected chi connectivity index (χ4v) is 4.74. The molecule has 39 heavy (non-hydrogen) atoms. The van der Waals surface area contributed by atoms with E-state index < -0.39 is 12.1 Å². The van der Waals surface area contributed by atoms with Crippen molar-refractivity contribution in [3.05, 3.63) is 114 Å². The Kier molecular flexibility index (Phi) is 7.53. The molecule has 0 fully saturated rings. The van der Waals surface area contributed by atoms with Crippen molar-refractivity contribution in [2.24, 2.45) is 5.92 Å². The van der Waals surface area contributed by atoms with Gasteiger partial charge in [0.05, 0.1) is 17.1 Å². The quantitative estimate of drug-likeness (QED) is 0.216. The lowest BCUT2D eigenvalue weighted by Gasteiger charge is -2.19. The number of hydrogen-bond acceptors (Lipinski definition) is 3. The molecular formula is C33H29ClN2O3. The van der Waals surface area contributed by atoms with Crippen molar-refractivity contribution in [3.63, 3.8) is 0 Å². The fraction of sp³-hybridized carbons (Fsp3) is 0.152. The summed E-state index contributed by atoms with van der Waals surface area (Å²) in [5.74, 6) is -0.641. The highest BCUT2D eigenvalue weighted by Gasteiger charge is 2.24. The smallest absolute Gasteiger partial charge is 0.345 e. The second-order valence-electron chi connectivity index (χ2n) is 9.87. The molecule has 1 N–H and O–H groups in total. The molecule has 6 heteroatoms. The summed E-state index contributed by atoms with van der Waals surface area (Å²) in [5.41, 5.74) is 7.74. The Hall–Kier alpha value is -4.35. The van der Waals surface area contributed by atoms with Gasteiger partial charge < -0.3 is 9.84 Å². The van der Waals surface area contributed by atoms with Crippen LogP contribution in [-0.2, 0) is 4.79 Å². The van der Waals surface area contributed by atoms with E-state index in [1.807, 2.05) is 91.3 Å². The van der Waals surface area contributed by atoms with Gasteiger partial charge in [-0.3, -0.25) is 0 Å². The lowest BCUT2D eigenvalue weighted by Crippen LogP contribution is -2.32. The molecule has 0 saturated carbocycles. The van der Waals surface area contributed by atoms with Crippen LogP contribution in [0, 0.1) is 12.8 Å². The Bertz CT molecular complexity index is 1620. The Balaban J connectivity index is 1.61. The lowest BCUT2D eigenvalue weighted by molar-refractivity contribution is -0.147. The number of aryl methyl sites for hydroxylation is 1. The average molecular weight is 537 g/mol. The first kappa shape index (κ1) is 26.3. The Morgan fingerprint density at radius 2 is 1.54 bits per heavy atom. The van der Waals surface area contributed by atoms with Gasteiger partial charge in [-0.25, -0.2) is 9.48 Å². The van der Waals surface area contributed by atoms with Crippen LogP contribution in [0.4, 0.5) is 0 Å². The van der Waals surface area contributed by atoms with Crippen molar-refractivity contribution < 1.29 is 14.6 Å². The van der Waals surface area contributed by atoms with E-state index in [-0.39, 0.29) is 5.92 Å². The van der Waals surface area contributed by atoms with Crippen molar-refractivity contribution in [2.75, 3.05) is 0 Å². The molecule has 1 unspecified atom stereocenters. The van der Waals surface area contributed by atoms with Gasteiger partial charge in [0, 0.05) is 22.1 Å². The number of carboxylic acid groups (broad SMARTS) is 1. The second-order valence-corrected chi connectivity index (χ2v) is 10.3. The zero-order valence-electron chi connectivity index (χ0n) is 22.0. The van der Waals surface area contributed by atoms with E-state index in [9.17, 15) is 9.90 Å². The van der Waals surface area contributed by atoms with Crippen LogP contribution in [0.2, 0.25) is 5.02 Å². The Morgan fingerprint density at radius 3 is 2.23 bits per heavy atom. The van der Waals surface area contributed by atoms with E-state index in [2.05, 4.69) is 31.2 Å². The van der Waals surface area contributed by atoms with Crippen molar-refractivity contribution in [1.29, 1.82) is 0 Å². The van der Waals surface area contributed by atoms with Crippen LogP contribution in [0.3, 0.4) is 0 Å². The maximum Gasteiger partial charge on any atom is 0.345 e. The predicted octanol–water partition coefficient (Wildman–Crippen LogP) is 8.32. The van der Waals surface area contributed by atoms with Crippen molar-refractivity contribution in [2.45, 2.75) is 26.9 Å². The standard InChI is InChI=1S/C33H29ClN2O3/c1-21(2)32(33(37)38)39-27-11-7-9-23(19-27)28-12-4-5-13-29(28)30-20-31(24-10-6-8-22(3)18-24)36(35-30)26-16-14-25(34)15-17-26/h4-21,32H,1-3H3,(H,37,38). The maximum absolute atomic E-state index is 11.7. The van der Waals surface area contributed by atoms with E-state index >= 15 is 0 Å². The van der Waals surface area contributed by atoms with Gasteiger partial charge in [-0.2, -0.15) is 5.10 Å². The highest BCUT2D eigenvalue weighted by molar-refractivity contribution is 6.30. The number of aromatic nitrogens is 2. The highest BCUT2D eigenvalue weighted by atomic mass is 35.5. The van der Waals surface area contributed by atoms with Crippen LogP contribution in [0.15, 0.2) is 103 Å². The minimum Gasteiger partial charge on any atom is -0.478 e. The number of hydrogen-bond donors (Lipinski definition) is 1. The summed E-state index contributed by atoms with van der Waals surface area (Å²) in [6.07, 6.45) is -0.928. The van der Waals surface area contributed by atoms with Crippen molar-refractivity contribution in [3.8, 4) is 45.1 Å². The fourth-order valence-electron chi connectivity index (χ4n) is 4.62. The van der Waals surface area contributed by atoms with Gasteiger partial charge in [-0.05, 0) is 66.6 Å². The number of rotatable bonds is 8. The largest absolute Gasteiger partial charge is 0.478 e. The number of nitrogens with zero attached hydrogens (tertiary/aromatic N) is 2. The molecule has 1 aromatic heterocycles. The maximum atomic E-state index is 11.7. The molecule has 4 aromatic carbocycles. The first-order valence-corrected chi connectivity index (χ1v) is 13.2. The number of benzene rings is 4. The van der Waals surface area contributed by atoms with Crippen LogP contribution in [0.1, 0.15) is 19.4 Å². The third-order valence-corrected chi connectivity index (χ3v) is 6.81. The SMILES string of the molecule is Cc1cccc(-c2cc(-c3ccccc3-c3cccc(OC(C(=O)O)C(C)C)c3)nn2-c2ccc(Cl)cc2)c1. The zero-order chi connectivity index (χ0) is 27.5. The molecule has 5 nitrogen and oxygen atoms in total. The lowest BCUT2D eigenvalue weighted by atomic mass is 9.97. The highest BCUT2D eigenvalue weighted by Crippen LogP contribution is 2.36. The summed E-state index contributed by atoms with van der Waals surface area (Å²) >= 11 is 6.17. The Morgan fingerprint density at radius 1 is 0.846 bits per heavy atom. The summed E-state index contributed by atoms with van der Waals surface area (Å²) in [6, 6.07) is 33.7. The normalized spacial score (nSPS) is 11.9. The molecule has 0 aliphatic rings. The number of carbonyl (C=O) groups is 1. The number of halogens is 1. The molecule has 5 aromatic rings. The van der Waals surface area contributed by atoms with Crippen LogP contribution in [0.5, 0.6) is 5.75 Å². The van der Waals surface area contributed by atoms with Gasteiger partial charge in [-0.1, -0.05) is 85.6 Å². The topological polar surface area (TPSA) is 64.3 Å².